The average Bonchev–Trinajstić information content (AvgIpc) is 3.34. The first kappa shape index (κ1) is 20.7. The van der Waals surface area contributed by atoms with Crippen LogP contribution in [0.15, 0.2) is 53.5 Å². The molecule has 3 aromatic rings. The van der Waals surface area contributed by atoms with Gasteiger partial charge in [-0.25, -0.2) is 4.98 Å². The minimum Gasteiger partial charge on any atom is -0.469 e. The number of hydrogen-bond acceptors (Lipinski definition) is 8. The number of nitrogens with zero attached hydrogens (tertiary/aromatic N) is 4. The van der Waals surface area contributed by atoms with E-state index >= 15 is 0 Å². The molecule has 0 saturated heterocycles. The molecule has 0 saturated carbocycles. The van der Waals surface area contributed by atoms with Gasteiger partial charge < -0.3 is 10.1 Å². The van der Waals surface area contributed by atoms with Crippen LogP contribution in [-0.2, 0) is 27.3 Å². The van der Waals surface area contributed by atoms with E-state index in [0.717, 1.165) is 11.4 Å². The maximum atomic E-state index is 12.3. The number of thiazole rings is 1. The van der Waals surface area contributed by atoms with E-state index < -0.39 is 0 Å². The van der Waals surface area contributed by atoms with Crippen LogP contribution in [0.2, 0.25) is 0 Å². The molecule has 10 heteroatoms. The highest BCUT2D eigenvalue weighted by Crippen LogP contribution is 2.24. The van der Waals surface area contributed by atoms with Crippen LogP contribution < -0.4 is 5.32 Å². The largest absolute Gasteiger partial charge is 0.469 e. The fraction of sp³-hybridized carbons (Fsp3) is 0.211. The summed E-state index contributed by atoms with van der Waals surface area (Å²) < 4.78 is 6.52. The zero-order valence-corrected chi connectivity index (χ0v) is 17.3. The van der Waals surface area contributed by atoms with E-state index in [9.17, 15) is 9.59 Å². The van der Waals surface area contributed by atoms with Crippen LogP contribution in [-0.4, -0.2) is 44.5 Å². The number of carbonyl (C=O) groups is 2. The van der Waals surface area contributed by atoms with E-state index in [1.807, 2.05) is 34.9 Å². The van der Waals surface area contributed by atoms with E-state index in [1.165, 1.54) is 30.2 Å². The highest BCUT2D eigenvalue weighted by atomic mass is 32.2. The van der Waals surface area contributed by atoms with Crippen molar-refractivity contribution in [3.8, 4) is 11.4 Å². The van der Waals surface area contributed by atoms with Crippen molar-refractivity contribution in [2.75, 3.05) is 18.2 Å². The van der Waals surface area contributed by atoms with Gasteiger partial charge in [-0.3, -0.25) is 14.2 Å². The average molecular weight is 430 g/mol. The fourth-order valence-electron chi connectivity index (χ4n) is 2.44. The molecule has 0 fully saturated rings. The summed E-state index contributed by atoms with van der Waals surface area (Å²) in [5, 5.41) is 14.0. The molecule has 3 rings (SSSR count). The van der Waals surface area contributed by atoms with Crippen LogP contribution in [0.1, 0.15) is 5.69 Å². The highest BCUT2D eigenvalue weighted by molar-refractivity contribution is 7.99. The Hall–Kier alpha value is -2.98. The van der Waals surface area contributed by atoms with E-state index in [1.54, 1.807) is 11.5 Å². The van der Waals surface area contributed by atoms with Gasteiger partial charge in [0.25, 0.3) is 0 Å². The number of rotatable bonds is 9. The Morgan fingerprint density at radius 3 is 2.83 bits per heavy atom. The number of methoxy groups -OCH3 is 1. The van der Waals surface area contributed by atoms with E-state index in [2.05, 4.69) is 31.8 Å². The second-order valence-electron chi connectivity index (χ2n) is 5.81. The predicted molar refractivity (Wildman–Crippen MR) is 113 cm³/mol. The number of benzene rings is 1. The summed E-state index contributed by atoms with van der Waals surface area (Å²) in [7, 11) is 1.32. The summed E-state index contributed by atoms with van der Waals surface area (Å²) in [6, 6.07) is 9.72. The van der Waals surface area contributed by atoms with Crippen LogP contribution >= 0.6 is 23.1 Å². The molecule has 29 heavy (non-hydrogen) atoms. The maximum Gasteiger partial charge on any atom is 0.311 e. The number of aromatic nitrogens is 4. The molecule has 0 unspecified atom stereocenters. The molecule has 0 aliphatic rings. The SMILES string of the molecule is C=CCn1c(SCC(=O)Nc2nc(CC(=O)OC)cs2)nnc1-c1ccccc1. The fourth-order valence-corrected chi connectivity index (χ4v) is 3.92. The van der Waals surface area contributed by atoms with Crippen LogP contribution in [0.5, 0.6) is 0 Å². The minimum atomic E-state index is -0.375. The molecule has 150 valence electrons. The number of hydrogen-bond donors (Lipinski definition) is 1. The first-order chi connectivity index (χ1) is 14.1. The van der Waals surface area contributed by atoms with Crippen LogP contribution in [0.3, 0.4) is 0 Å². The van der Waals surface area contributed by atoms with Gasteiger partial charge in [0.15, 0.2) is 16.1 Å². The van der Waals surface area contributed by atoms with Crippen molar-refractivity contribution in [2.45, 2.75) is 18.1 Å². The predicted octanol–water partition coefficient (Wildman–Crippen LogP) is 3.03. The number of carbonyl (C=O) groups excluding carboxylic acids is 2. The van der Waals surface area contributed by atoms with Crippen LogP contribution in [0.4, 0.5) is 5.13 Å². The third-order valence-electron chi connectivity index (χ3n) is 3.74. The third kappa shape index (κ3) is 5.52. The highest BCUT2D eigenvalue weighted by Gasteiger charge is 2.15. The lowest BCUT2D eigenvalue weighted by Crippen LogP contribution is -2.15. The first-order valence-electron chi connectivity index (χ1n) is 8.64. The Morgan fingerprint density at radius 2 is 2.10 bits per heavy atom. The zero-order valence-electron chi connectivity index (χ0n) is 15.7. The molecule has 0 radical (unpaired) electrons. The van der Waals surface area contributed by atoms with E-state index in [-0.39, 0.29) is 24.1 Å². The van der Waals surface area contributed by atoms with Gasteiger partial charge in [0.2, 0.25) is 5.91 Å². The van der Waals surface area contributed by atoms with Gasteiger partial charge in [-0.2, -0.15) is 0 Å². The van der Waals surface area contributed by atoms with E-state index in [0.29, 0.717) is 22.5 Å². The Balaban J connectivity index is 1.62. The maximum absolute atomic E-state index is 12.3. The van der Waals surface area contributed by atoms with Crippen LogP contribution in [0, 0.1) is 0 Å². The monoisotopic (exact) mass is 429 g/mol. The Morgan fingerprint density at radius 1 is 1.31 bits per heavy atom. The number of amides is 1. The molecule has 8 nitrogen and oxygen atoms in total. The van der Waals surface area contributed by atoms with Crippen molar-refractivity contribution in [3.05, 3.63) is 54.1 Å². The smallest absolute Gasteiger partial charge is 0.311 e. The molecule has 1 N–H and O–H groups in total. The Bertz CT molecular complexity index is 1000. The van der Waals surface area contributed by atoms with E-state index in [4.69, 9.17) is 0 Å². The van der Waals surface area contributed by atoms with Gasteiger partial charge in [-0.1, -0.05) is 48.2 Å². The van der Waals surface area contributed by atoms with Gasteiger partial charge >= 0.3 is 5.97 Å². The summed E-state index contributed by atoms with van der Waals surface area (Å²) in [4.78, 5) is 27.8. The topological polar surface area (TPSA) is 99.0 Å². The van der Waals surface area contributed by atoms with Crippen molar-refractivity contribution in [3.63, 3.8) is 0 Å². The standard InChI is InChI=1S/C19H19N5O3S2/c1-3-9-24-17(13-7-5-4-6-8-13)22-23-19(24)29-12-15(25)21-18-20-14(11-28-18)10-16(26)27-2/h3-8,11H,1,9-10,12H2,2H3,(H,20,21,25). The summed E-state index contributed by atoms with van der Waals surface area (Å²) in [6.45, 7) is 4.32. The van der Waals surface area contributed by atoms with Crippen molar-refractivity contribution in [1.82, 2.24) is 19.7 Å². The quantitative estimate of drug-likeness (QED) is 0.317. The van der Waals surface area contributed by atoms with Crippen molar-refractivity contribution >= 4 is 40.1 Å². The van der Waals surface area contributed by atoms with Gasteiger partial charge in [-0.05, 0) is 0 Å². The van der Waals surface area contributed by atoms with Gasteiger partial charge in [-0.15, -0.1) is 28.1 Å². The Labute approximate surface area is 176 Å². The lowest BCUT2D eigenvalue weighted by molar-refractivity contribution is -0.139. The summed E-state index contributed by atoms with van der Waals surface area (Å²) >= 11 is 2.54. The summed E-state index contributed by atoms with van der Waals surface area (Å²) in [6.07, 6.45) is 1.84. The van der Waals surface area contributed by atoms with Crippen molar-refractivity contribution in [2.24, 2.45) is 0 Å². The number of ether oxygens (including phenoxy) is 1. The number of nitrogens with one attached hydrogen (secondary N) is 1. The molecule has 0 aliphatic heterocycles. The second kappa shape index (κ2) is 9.99. The normalized spacial score (nSPS) is 10.5. The third-order valence-corrected chi connectivity index (χ3v) is 5.52. The first-order valence-corrected chi connectivity index (χ1v) is 10.5. The lowest BCUT2D eigenvalue weighted by atomic mass is 10.2. The molecule has 2 heterocycles. The lowest BCUT2D eigenvalue weighted by Gasteiger charge is -2.07. The van der Waals surface area contributed by atoms with Gasteiger partial charge in [0, 0.05) is 17.5 Å². The molecule has 2 aromatic heterocycles. The molecular formula is C19H19N5O3S2. The van der Waals surface area contributed by atoms with Gasteiger partial charge in [0.1, 0.15) is 0 Å². The molecule has 1 aromatic carbocycles. The minimum absolute atomic E-state index is 0.0739. The molecule has 0 bridgehead atoms. The second-order valence-corrected chi connectivity index (χ2v) is 7.61. The number of allylic oxidation sites excluding steroid dienone is 1. The molecule has 0 aliphatic carbocycles. The number of esters is 1. The summed E-state index contributed by atoms with van der Waals surface area (Å²) in [5.74, 6) is 0.277. The summed E-state index contributed by atoms with van der Waals surface area (Å²) in [5.41, 5.74) is 1.50. The van der Waals surface area contributed by atoms with Crippen molar-refractivity contribution < 1.29 is 14.3 Å². The van der Waals surface area contributed by atoms with Crippen LogP contribution in [0.25, 0.3) is 11.4 Å². The van der Waals surface area contributed by atoms with Gasteiger partial charge in [0.05, 0.1) is 25.0 Å². The zero-order chi connectivity index (χ0) is 20.6. The van der Waals surface area contributed by atoms with Crippen molar-refractivity contribution in [1.29, 1.82) is 0 Å². The Kier molecular flexibility index (Phi) is 7.14. The molecule has 0 spiro atoms. The molecule has 1 amide bonds. The number of anilines is 1. The molecular weight excluding hydrogens is 410 g/mol. The molecule has 0 atom stereocenters. The number of thioether (sulfide) groups is 1.